The number of nitrogens with one attached hydrogen (secondary N) is 1. The highest BCUT2D eigenvalue weighted by Crippen LogP contribution is 2.33. The average molecular weight is 327 g/mol. The Hall–Kier alpha value is -1.72. The van der Waals surface area contributed by atoms with Crippen LogP contribution in [0.3, 0.4) is 0 Å². The molecule has 0 atom stereocenters. The molecule has 2 heterocycles. The van der Waals surface area contributed by atoms with E-state index in [0.717, 1.165) is 49.8 Å². The largest absolute Gasteiger partial charge is 0.378 e. The van der Waals surface area contributed by atoms with E-state index in [4.69, 9.17) is 21.9 Å². The number of aromatic nitrogens is 1. The van der Waals surface area contributed by atoms with Crippen molar-refractivity contribution in [2.45, 2.75) is 25.7 Å². The van der Waals surface area contributed by atoms with Gasteiger partial charge in [0.2, 0.25) is 0 Å². The smallest absolute Gasteiger partial charge is 0.173 e. The molecule has 1 aromatic carbocycles. The monoisotopic (exact) mass is 327 g/mol. The highest BCUT2D eigenvalue weighted by molar-refractivity contribution is 7.80. The van der Waals surface area contributed by atoms with Crippen molar-refractivity contribution < 1.29 is 4.74 Å². The molecule has 0 spiro atoms. The topological polar surface area (TPSA) is 37.4 Å². The number of ether oxygens (including phenoxy) is 1. The molecule has 23 heavy (non-hydrogen) atoms. The fourth-order valence-corrected chi connectivity index (χ4v) is 3.75. The number of aryl methyl sites for hydroxylation is 1. The Labute approximate surface area is 141 Å². The van der Waals surface area contributed by atoms with Crippen LogP contribution in [-0.2, 0) is 17.6 Å². The summed E-state index contributed by atoms with van der Waals surface area (Å²) in [5, 5.41) is 5.52. The molecule has 1 aromatic heterocycles. The van der Waals surface area contributed by atoms with E-state index in [1.54, 1.807) is 0 Å². The number of pyridine rings is 1. The summed E-state index contributed by atoms with van der Waals surface area (Å²) in [6, 6.07) is 8.35. The number of morpholine rings is 1. The van der Waals surface area contributed by atoms with Gasteiger partial charge in [0.1, 0.15) is 0 Å². The summed E-state index contributed by atoms with van der Waals surface area (Å²) < 4.78 is 5.42. The maximum atomic E-state index is 5.66. The van der Waals surface area contributed by atoms with E-state index < -0.39 is 0 Å². The second-order valence-corrected chi connectivity index (χ2v) is 6.55. The number of para-hydroxylation sites is 1. The molecule has 0 unspecified atom stereocenters. The van der Waals surface area contributed by atoms with Gasteiger partial charge < -0.3 is 15.0 Å². The Morgan fingerprint density at radius 3 is 2.78 bits per heavy atom. The third-order valence-corrected chi connectivity index (χ3v) is 5.06. The van der Waals surface area contributed by atoms with E-state index in [0.29, 0.717) is 0 Å². The summed E-state index contributed by atoms with van der Waals surface area (Å²) >= 11 is 5.66. The van der Waals surface area contributed by atoms with Crippen LogP contribution < -0.4 is 5.32 Å². The summed E-state index contributed by atoms with van der Waals surface area (Å²) in [5.74, 6) is 0. The van der Waals surface area contributed by atoms with Gasteiger partial charge in [0.25, 0.3) is 0 Å². The third-order valence-electron chi connectivity index (χ3n) is 4.70. The van der Waals surface area contributed by atoms with Gasteiger partial charge in [0.15, 0.2) is 5.11 Å². The Morgan fingerprint density at radius 1 is 1.13 bits per heavy atom. The van der Waals surface area contributed by atoms with Crippen molar-refractivity contribution in [3.8, 4) is 0 Å². The zero-order valence-electron chi connectivity index (χ0n) is 13.2. The van der Waals surface area contributed by atoms with Gasteiger partial charge in [0, 0.05) is 24.2 Å². The number of nitrogens with zero attached hydrogens (tertiary/aromatic N) is 2. The second-order valence-electron chi connectivity index (χ2n) is 6.17. The van der Waals surface area contributed by atoms with E-state index >= 15 is 0 Å². The normalized spacial score (nSPS) is 17.8. The van der Waals surface area contributed by atoms with Crippen LogP contribution >= 0.6 is 12.2 Å². The van der Waals surface area contributed by atoms with E-state index in [1.165, 1.54) is 35.2 Å². The zero-order valence-corrected chi connectivity index (χ0v) is 14.0. The molecule has 120 valence electrons. The van der Waals surface area contributed by atoms with Crippen LogP contribution in [-0.4, -0.2) is 41.3 Å². The molecule has 2 aromatic rings. The van der Waals surface area contributed by atoms with Crippen molar-refractivity contribution in [1.29, 1.82) is 0 Å². The van der Waals surface area contributed by atoms with Crippen molar-refractivity contribution in [2.24, 2.45) is 0 Å². The maximum Gasteiger partial charge on any atom is 0.173 e. The quantitative estimate of drug-likeness (QED) is 0.815. The lowest BCUT2D eigenvalue weighted by molar-refractivity contribution is 0.0690. The minimum Gasteiger partial charge on any atom is -0.378 e. The zero-order chi connectivity index (χ0) is 15.6. The molecule has 2 aliphatic rings. The molecule has 1 fully saturated rings. The second kappa shape index (κ2) is 6.42. The molecule has 5 heteroatoms. The van der Waals surface area contributed by atoms with Crippen LogP contribution in [0.2, 0.25) is 0 Å². The minimum atomic E-state index is 0.747. The van der Waals surface area contributed by atoms with Gasteiger partial charge in [-0.2, -0.15) is 0 Å². The molecule has 1 saturated heterocycles. The summed E-state index contributed by atoms with van der Waals surface area (Å²) in [5.41, 5.74) is 4.81. The lowest BCUT2D eigenvalue weighted by Gasteiger charge is -2.30. The predicted molar refractivity (Wildman–Crippen MR) is 97.0 cm³/mol. The molecule has 1 N–H and O–H groups in total. The van der Waals surface area contributed by atoms with Gasteiger partial charge in [-0.05, 0) is 49.5 Å². The van der Waals surface area contributed by atoms with Crippen molar-refractivity contribution in [1.82, 2.24) is 9.88 Å². The van der Waals surface area contributed by atoms with E-state index in [-0.39, 0.29) is 0 Å². The number of anilines is 1. The molecule has 4 rings (SSSR count). The van der Waals surface area contributed by atoms with E-state index in [2.05, 4.69) is 34.5 Å². The van der Waals surface area contributed by atoms with E-state index in [9.17, 15) is 0 Å². The molecule has 1 aliphatic heterocycles. The summed E-state index contributed by atoms with van der Waals surface area (Å²) in [6.45, 7) is 3.21. The molecular formula is C18H21N3OS. The van der Waals surface area contributed by atoms with Gasteiger partial charge in [-0.15, -0.1) is 0 Å². The fraction of sp³-hybridized carbons (Fsp3) is 0.444. The molecule has 1 aliphatic carbocycles. The molecular weight excluding hydrogens is 306 g/mol. The minimum absolute atomic E-state index is 0.747. The van der Waals surface area contributed by atoms with Crippen molar-refractivity contribution in [3.05, 3.63) is 35.5 Å². The molecule has 4 nitrogen and oxygen atoms in total. The summed E-state index contributed by atoms with van der Waals surface area (Å²) in [7, 11) is 0. The first-order chi connectivity index (χ1) is 11.3. The number of benzene rings is 1. The highest BCUT2D eigenvalue weighted by atomic mass is 32.1. The molecule has 0 amide bonds. The highest BCUT2D eigenvalue weighted by Gasteiger charge is 2.20. The standard InChI is InChI=1S/C18H21N3OS/c23-18(21-9-11-22-12-10-21)20-17-13-5-1-3-7-15(13)19-16-8-4-2-6-14(16)17/h1,3,5,7H,2,4,6,8-12H2,(H,19,20,23). The van der Waals surface area contributed by atoms with Crippen molar-refractivity contribution in [2.75, 3.05) is 31.6 Å². The maximum absolute atomic E-state index is 5.66. The Morgan fingerprint density at radius 2 is 1.91 bits per heavy atom. The first-order valence-corrected chi connectivity index (χ1v) is 8.78. The first kappa shape index (κ1) is 14.8. The number of rotatable bonds is 1. The first-order valence-electron chi connectivity index (χ1n) is 8.37. The third kappa shape index (κ3) is 2.91. The van der Waals surface area contributed by atoms with Crippen molar-refractivity contribution >= 4 is 33.9 Å². The van der Waals surface area contributed by atoms with Gasteiger partial charge in [-0.25, -0.2) is 0 Å². The van der Waals surface area contributed by atoms with Gasteiger partial charge in [0.05, 0.1) is 24.4 Å². The van der Waals surface area contributed by atoms with Crippen LogP contribution in [0.25, 0.3) is 10.9 Å². The van der Waals surface area contributed by atoms with Crippen LogP contribution in [0.15, 0.2) is 24.3 Å². The molecule has 0 bridgehead atoms. The molecule has 0 radical (unpaired) electrons. The summed E-state index contributed by atoms with van der Waals surface area (Å²) in [4.78, 5) is 7.08. The average Bonchev–Trinajstić information content (AvgIpc) is 2.62. The van der Waals surface area contributed by atoms with Crippen LogP contribution in [0, 0.1) is 0 Å². The van der Waals surface area contributed by atoms with Gasteiger partial charge >= 0.3 is 0 Å². The van der Waals surface area contributed by atoms with Crippen LogP contribution in [0.1, 0.15) is 24.1 Å². The Bertz CT molecular complexity index is 740. The summed E-state index contributed by atoms with van der Waals surface area (Å²) in [6.07, 6.45) is 4.61. The predicted octanol–water partition coefficient (Wildman–Crippen LogP) is 3.14. The lowest BCUT2D eigenvalue weighted by atomic mass is 9.93. The number of hydrogen-bond acceptors (Lipinski definition) is 3. The van der Waals surface area contributed by atoms with Crippen molar-refractivity contribution in [3.63, 3.8) is 0 Å². The van der Waals surface area contributed by atoms with Crippen LogP contribution in [0.5, 0.6) is 0 Å². The Balaban J connectivity index is 1.73. The van der Waals surface area contributed by atoms with E-state index in [1.807, 2.05) is 0 Å². The van der Waals surface area contributed by atoms with Gasteiger partial charge in [-0.3, -0.25) is 4.98 Å². The SMILES string of the molecule is S=C(Nc1c2c(nc3ccccc13)CCCC2)N1CCOCC1. The lowest BCUT2D eigenvalue weighted by Crippen LogP contribution is -2.43. The Kier molecular flexibility index (Phi) is 4.14. The van der Waals surface area contributed by atoms with Crippen LogP contribution in [0.4, 0.5) is 5.69 Å². The number of hydrogen-bond donors (Lipinski definition) is 1. The number of fused-ring (bicyclic) bond motifs is 2. The van der Waals surface area contributed by atoms with Gasteiger partial charge in [-0.1, -0.05) is 18.2 Å². The fourth-order valence-electron chi connectivity index (χ4n) is 3.47. The number of thiocarbonyl (C=S) groups is 1. The molecule has 0 saturated carbocycles.